The lowest BCUT2D eigenvalue weighted by Gasteiger charge is -2.33. The summed E-state index contributed by atoms with van der Waals surface area (Å²) >= 11 is 0. The number of rotatable bonds is 7. The van der Waals surface area contributed by atoms with Crippen LogP contribution in [0, 0.1) is 0 Å². The van der Waals surface area contributed by atoms with Crippen LogP contribution in [0.4, 0.5) is 0 Å². The summed E-state index contributed by atoms with van der Waals surface area (Å²) in [6.45, 7) is 2.98. The lowest BCUT2D eigenvalue weighted by Crippen LogP contribution is -2.48. The molecule has 1 atom stereocenters. The van der Waals surface area contributed by atoms with Gasteiger partial charge in [-0.3, -0.25) is 9.59 Å². The van der Waals surface area contributed by atoms with Crippen molar-refractivity contribution >= 4 is 11.9 Å². The Kier molecular flexibility index (Phi) is 7.07. The van der Waals surface area contributed by atoms with Gasteiger partial charge in [-0.2, -0.15) is 0 Å². The van der Waals surface area contributed by atoms with Crippen molar-refractivity contribution < 1.29 is 14.3 Å². The summed E-state index contributed by atoms with van der Waals surface area (Å²) in [5.74, 6) is -0.404. The maximum absolute atomic E-state index is 11.9. The molecule has 1 fully saturated rings. The number of hydrogen-bond acceptors (Lipinski definition) is 4. The van der Waals surface area contributed by atoms with Crippen LogP contribution >= 0.6 is 0 Å². The Morgan fingerprint density at radius 1 is 1.26 bits per heavy atom. The monoisotopic (exact) mass is 318 g/mol. The highest BCUT2D eigenvalue weighted by Gasteiger charge is 2.21. The second-order valence-corrected chi connectivity index (χ2v) is 6.02. The molecule has 1 aromatic carbocycles. The molecule has 23 heavy (non-hydrogen) atoms. The van der Waals surface area contributed by atoms with Crippen molar-refractivity contribution in [3.63, 3.8) is 0 Å². The molecule has 0 spiro atoms. The number of hydrogen-bond donors (Lipinski definition) is 1. The summed E-state index contributed by atoms with van der Waals surface area (Å²) in [7, 11) is 1.34. The average molecular weight is 318 g/mol. The quantitative estimate of drug-likeness (QED) is 0.778. The Morgan fingerprint density at radius 2 is 2.04 bits per heavy atom. The predicted octanol–water partition coefficient (Wildman–Crippen LogP) is 1.76. The second-order valence-electron chi connectivity index (χ2n) is 6.02. The van der Waals surface area contributed by atoms with Crippen LogP contribution in [0.5, 0.6) is 0 Å². The number of esters is 1. The molecule has 1 amide bonds. The van der Waals surface area contributed by atoms with E-state index in [9.17, 15) is 9.59 Å². The molecule has 1 aliphatic heterocycles. The standard InChI is InChI=1S/C18H26N2O3/c1-23-18(22)10-9-17(21)19-16-8-5-12-20(14-16)13-11-15-6-3-2-4-7-15/h2-4,6-7,16H,5,8-14H2,1H3,(H,19,21)/t16-/m1/s1. The van der Waals surface area contributed by atoms with Gasteiger partial charge in [-0.1, -0.05) is 30.3 Å². The summed E-state index contributed by atoms with van der Waals surface area (Å²) < 4.78 is 4.55. The number of carbonyl (C=O) groups excluding carboxylic acids is 2. The van der Waals surface area contributed by atoms with Crippen LogP contribution < -0.4 is 5.32 Å². The number of piperidine rings is 1. The highest BCUT2D eigenvalue weighted by molar-refractivity contribution is 5.81. The summed E-state index contributed by atoms with van der Waals surface area (Å²) in [6.07, 6.45) is 3.48. The SMILES string of the molecule is COC(=O)CCC(=O)N[C@@H]1CCCN(CCc2ccccc2)C1. The van der Waals surface area contributed by atoms with Crippen LogP contribution in [0.1, 0.15) is 31.2 Å². The first-order chi connectivity index (χ1) is 11.2. The fraction of sp³-hybridized carbons (Fsp3) is 0.556. The van der Waals surface area contributed by atoms with Crippen LogP contribution in [0.15, 0.2) is 30.3 Å². The van der Waals surface area contributed by atoms with Crippen LogP contribution in [0.25, 0.3) is 0 Å². The topological polar surface area (TPSA) is 58.6 Å². The van der Waals surface area contributed by atoms with Gasteiger partial charge in [-0.25, -0.2) is 0 Å². The largest absolute Gasteiger partial charge is 0.469 e. The molecule has 1 N–H and O–H groups in total. The molecule has 5 nitrogen and oxygen atoms in total. The predicted molar refractivity (Wildman–Crippen MR) is 89.0 cm³/mol. The van der Waals surface area contributed by atoms with E-state index in [1.165, 1.54) is 12.7 Å². The van der Waals surface area contributed by atoms with Crippen molar-refractivity contribution in [2.24, 2.45) is 0 Å². The molecule has 0 aromatic heterocycles. The van der Waals surface area contributed by atoms with Crippen molar-refractivity contribution in [1.29, 1.82) is 0 Å². The van der Waals surface area contributed by atoms with Gasteiger partial charge in [-0.05, 0) is 31.4 Å². The molecule has 1 aliphatic rings. The fourth-order valence-electron chi connectivity index (χ4n) is 2.93. The van der Waals surface area contributed by atoms with Crippen molar-refractivity contribution in [3.05, 3.63) is 35.9 Å². The van der Waals surface area contributed by atoms with E-state index in [0.717, 1.165) is 38.9 Å². The Balaban J connectivity index is 1.70. The summed E-state index contributed by atoms with van der Waals surface area (Å²) in [6, 6.07) is 10.6. The highest BCUT2D eigenvalue weighted by atomic mass is 16.5. The van der Waals surface area contributed by atoms with Gasteiger partial charge in [0, 0.05) is 25.6 Å². The number of amides is 1. The van der Waals surface area contributed by atoms with Gasteiger partial charge in [-0.15, -0.1) is 0 Å². The molecule has 1 aromatic rings. The first kappa shape index (κ1) is 17.5. The molecule has 0 aliphatic carbocycles. The van der Waals surface area contributed by atoms with E-state index in [1.807, 2.05) is 6.07 Å². The maximum atomic E-state index is 11.9. The minimum absolute atomic E-state index is 0.0645. The van der Waals surface area contributed by atoms with Gasteiger partial charge in [0.25, 0.3) is 0 Å². The number of nitrogens with one attached hydrogen (secondary N) is 1. The van der Waals surface area contributed by atoms with E-state index in [4.69, 9.17) is 0 Å². The third-order valence-corrected chi connectivity index (χ3v) is 4.21. The molecule has 2 rings (SSSR count). The van der Waals surface area contributed by atoms with E-state index in [2.05, 4.69) is 39.2 Å². The molecule has 0 radical (unpaired) electrons. The van der Waals surface area contributed by atoms with Gasteiger partial charge >= 0.3 is 5.97 Å². The van der Waals surface area contributed by atoms with Crippen molar-refractivity contribution in [2.75, 3.05) is 26.7 Å². The number of ether oxygens (including phenoxy) is 1. The number of nitrogens with zero attached hydrogens (tertiary/aromatic N) is 1. The minimum atomic E-state index is -0.340. The smallest absolute Gasteiger partial charge is 0.306 e. The molecular weight excluding hydrogens is 292 g/mol. The lowest BCUT2D eigenvalue weighted by atomic mass is 10.0. The number of carbonyl (C=O) groups is 2. The van der Waals surface area contributed by atoms with Crippen LogP contribution in [-0.2, 0) is 20.7 Å². The van der Waals surface area contributed by atoms with E-state index in [0.29, 0.717) is 0 Å². The van der Waals surface area contributed by atoms with Gasteiger partial charge in [0.15, 0.2) is 0 Å². The molecule has 126 valence electrons. The molecule has 0 bridgehead atoms. The van der Waals surface area contributed by atoms with E-state index in [1.54, 1.807) is 0 Å². The summed E-state index contributed by atoms with van der Waals surface area (Å²) in [5.41, 5.74) is 1.34. The molecule has 0 unspecified atom stereocenters. The molecular formula is C18H26N2O3. The Bertz CT molecular complexity index is 504. The van der Waals surface area contributed by atoms with Crippen molar-refractivity contribution in [1.82, 2.24) is 10.2 Å². The molecule has 5 heteroatoms. The average Bonchev–Trinajstić information content (AvgIpc) is 2.59. The Hall–Kier alpha value is -1.88. The third-order valence-electron chi connectivity index (χ3n) is 4.21. The van der Waals surface area contributed by atoms with Crippen LogP contribution in [0.3, 0.4) is 0 Å². The van der Waals surface area contributed by atoms with E-state index >= 15 is 0 Å². The van der Waals surface area contributed by atoms with Crippen LogP contribution in [0.2, 0.25) is 0 Å². The Morgan fingerprint density at radius 3 is 2.78 bits per heavy atom. The third kappa shape index (κ3) is 6.40. The van der Waals surface area contributed by atoms with Crippen LogP contribution in [-0.4, -0.2) is 49.6 Å². The zero-order valence-electron chi connectivity index (χ0n) is 13.8. The Labute approximate surface area is 138 Å². The van der Waals surface area contributed by atoms with Crippen molar-refractivity contribution in [3.8, 4) is 0 Å². The molecule has 1 heterocycles. The molecule has 0 saturated carbocycles. The minimum Gasteiger partial charge on any atom is -0.469 e. The zero-order valence-corrected chi connectivity index (χ0v) is 13.8. The number of benzene rings is 1. The first-order valence-electron chi connectivity index (χ1n) is 8.30. The fourth-order valence-corrected chi connectivity index (χ4v) is 2.93. The van der Waals surface area contributed by atoms with Crippen molar-refractivity contribution in [2.45, 2.75) is 38.1 Å². The number of methoxy groups -OCH3 is 1. The van der Waals surface area contributed by atoms with E-state index in [-0.39, 0.29) is 30.8 Å². The molecule has 1 saturated heterocycles. The highest BCUT2D eigenvalue weighted by Crippen LogP contribution is 2.12. The zero-order chi connectivity index (χ0) is 16.5. The van der Waals surface area contributed by atoms with Gasteiger partial charge in [0.1, 0.15) is 0 Å². The van der Waals surface area contributed by atoms with Gasteiger partial charge in [0.2, 0.25) is 5.91 Å². The second kappa shape index (κ2) is 9.30. The summed E-state index contributed by atoms with van der Waals surface area (Å²) in [4.78, 5) is 25.4. The summed E-state index contributed by atoms with van der Waals surface area (Å²) in [5, 5.41) is 3.04. The van der Waals surface area contributed by atoms with E-state index < -0.39 is 0 Å². The lowest BCUT2D eigenvalue weighted by molar-refractivity contribution is -0.142. The normalized spacial score (nSPS) is 18.4. The van der Waals surface area contributed by atoms with Gasteiger partial charge < -0.3 is 15.0 Å². The van der Waals surface area contributed by atoms with Gasteiger partial charge in [0.05, 0.1) is 13.5 Å². The maximum Gasteiger partial charge on any atom is 0.306 e. The first-order valence-corrected chi connectivity index (χ1v) is 8.30. The number of likely N-dealkylation sites (tertiary alicyclic amines) is 1.